The number of rotatable bonds is 5. The first-order valence-electron chi connectivity index (χ1n) is 7.73. The number of pyridine rings is 1. The number of aromatic nitrogens is 1. The van der Waals surface area contributed by atoms with Gasteiger partial charge in [-0.05, 0) is 30.3 Å². The predicted molar refractivity (Wildman–Crippen MR) is 97.3 cm³/mol. The molecular weight excluding hydrogens is 360 g/mol. The number of carbonyl (C=O) groups excluding carboxylic acids is 1. The van der Waals surface area contributed by atoms with Crippen LogP contribution in [0.15, 0.2) is 60.8 Å². The van der Waals surface area contributed by atoms with Crippen molar-refractivity contribution in [3.8, 4) is 0 Å². The zero-order valence-corrected chi connectivity index (χ0v) is 14.2. The standard InChI is InChI=1S/C19H14ClF2N3O/c20-14-5-3-7-16(22)18(14)19(26)25-17-9-8-13(11-24-17)23-10-12-4-1-2-6-15(12)21/h1-9,11,23H,10H2,(H,24,25,26). The number of anilines is 2. The van der Waals surface area contributed by atoms with Crippen molar-refractivity contribution in [3.63, 3.8) is 0 Å². The van der Waals surface area contributed by atoms with Gasteiger partial charge < -0.3 is 10.6 Å². The van der Waals surface area contributed by atoms with Gasteiger partial charge in [0.1, 0.15) is 17.5 Å². The molecule has 26 heavy (non-hydrogen) atoms. The van der Waals surface area contributed by atoms with Gasteiger partial charge in [-0.1, -0.05) is 35.9 Å². The lowest BCUT2D eigenvalue weighted by Crippen LogP contribution is -2.15. The lowest BCUT2D eigenvalue weighted by atomic mass is 10.2. The summed E-state index contributed by atoms with van der Waals surface area (Å²) >= 11 is 5.87. The average Bonchev–Trinajstić information content (AvgIpc) is 2.62. The molecule has 3 aromatic rings. The Morgan fingerprint density at radius 3 is 2.46 bits per heavy atom. The summed E-state index contributed by atoms with van der Waals surface area (Å²) < 4.78 is 27.3. The highest BCUT2D eigenvalue weighted by Crippen LogP contribution is 2.20. The van der Waals surface area contributed by atoms with E-state index in [-0.39, 0.29) is 22.2 Å². The maximum atomic E-state index is 13.8. The lowest BCUT2D eigenvalue weighted by molar-refractivity contribution is 0.102. The van der Waals surface area contributed by atoms with Crippen molar-refractivity contribution < 1.29 is 13.6 Å². The van der Waals surface area contributed by atoms with Crippen molar-refractivity contribution in [3.05, 3.63) is 88.6 Å². The van der Waals surface area contributed by atoms with E-state index in [1.54, 1.807) is 30.3 Å². The second-order valence-corrected chi connectivity index (χ2v) is 5.84. The van der Waals surface area contributed by atoms with Gasteiger partial charge in [-0.3, -0.25) is 4.79 Å². The van der Waals surface area contributed by atoms with Gasteiger partial charge in [0.05, 0.1) is 22.5 Å². The summed E-state index contributed by atoms with van der Waals surface area (Å²) in [6.45, 7) is 0.297. The number of nitrogens with one attached hydrogen (secondary N) is 2. The maximum absolute atomic E-state index is 13.8. The third kappa shape index (κ3) is 4.15. The molecule has 0 bridgehead atoms. The Morgan fingerprint density at radius 1 is 1.00 bits per heavy atom. The molecule has 3 rings (SSSR count). The predicted octanol–water partition coefficient (Wildman–Crippen LogP) is 4.88. The fraction of sp³-hybridized carbons (Fsp3) is 0.0526. The number of benzene rings is 2. The molecule has 0 aliphatic carbocycles. The van der Waals surface area contributed by atoms with E-state index in [1.807, 2.05) is 0 Å². The Hall–Kier alpha value is -2.99. The van der Waals surface area contributed by atoms with E-state index >= 15 is 0 Å². The molecule has 7 heteroatoms. The molecule has 2 N–H and O–H groups in total. The quantitative estimate of drug-likeness (QED) is 0.670. The maximum Gasteiger partial charge on any atom is 0.261 e. The van der Waals surface area contributed by atoms with Gasteiger partial charge in [-0.25, -0.2) is 13.8 Å². The van der Waals surface area contributed by atoms with E-state index < -0.39 is 11.7 Å². The molecule has 132 valence electrons. The van der Waals surface area contributed by atoms with Gasteiger partial charge in [0.15, 0.2) is 0 Å². The van der Waals surface area contributed by atoms with E-state index in [9.17, 15) is 13.6 Å². The summed E-state index contributed by atoms with van der Waals surface area (Å²) in [7, 11) is 0. The molecule has 0 saturated carbocycles. The van der Waals surface area contributed by atoms with Crippen LogP contribution in [0.4, 0.5) is 20.3 Å². The third-order valence-corrected chi connectivity index (χ3v) is 3.95. The van der Waals surface area contributed by atoms with E-state index in [4.69, 9.17) is 11.6 Å². The fourth-order valence-electron chi connectivity index (χ4n) is 2.30. The van der Waals surface area contributed by atoms with Crippen molar-refractivity contribution in [2.24, 2.45) is 0 Å². The number of carbonyl (C=O) groups is 1. The molecule has 0 aliphatic rings. The molecule has 0 radical (unpaired) electrons. The van der Waals surface area contributed by atoms with Crippen LogP contribution < -0.4 is 10.6 Å². The first kappa shape index (κ1) is 17.8. The number of amides is 1. The summed E-state index contributed by atoms with van der Waals surface area (Å²) in [6, 6.07) is 13.7. The highest BCUT2D eigenvalue weighted by molar-refractivity contribution is 6.34. The molecule has 1 heterocycles. The van der Waals surface area contributed by atoms with E-state index in [1.165, 1.54) is 24.4 Å². The summed E-state index contributed by atoms with van der Waals surface area (Å²) in [4.78, 5) is 16.2. The zero-order valence-electron chi connectivity index (χ0n) is 13.5. The molecule has 0 spiro atoms. The Morgan fingerprint density at radius 2 is 1.77 bits per heavy atom. The van der Waals surface area contributed by atoms with Gasteiger partial charge >= 0.3 is 0 Å². The van der Waals surface area contributed by atoms with Crippen LogP contribution in [0.3, 0.4) is 0 Å². The summed E-state index contributed by atoms with van der Waals surface area (Å²) in [5.41, 5.74) is 0.937. The SMILES string of the molecule is O=C(Nc1ccc(NCc2ccccc2F)cn1)c1c(F)cccc1Cl. The van der Waals surface area contributed by atoms with Crippen LogP contribution in [0.2, 0.25) is 5.02 Å². The second-order valence-electron chi connectivity index (χ2n) is 5.43. The minimum Gasteiger partial charge on any atom is -0.380 e. The molecular formula is C19H14ClF2N3O. The normalized spacial score (nSPS) is 10.4. The van der Waals surface area contributed by atoms with Crippen LogP contribution in [0, 0.1) is 11.6 Å². The smallest absolute Gasteiger partial charge is 0.261 e. The number of halogens is 3. The molecule has 2 aromatic carbocycles. The van der Waals surface area contributed by atoms with Crippen molar-refractivity contribution in [1.82, 2.24) is 4.98 Å². The van der Waals surface area contributed by atoms with Crippen molar-refractivity contribution in [2.75, 3.05) is 10.6 Å². The van der Waals surface area contributed by atoms with Crippen molar-refractivity contribution in [2.45, 2.75) is 6.54 Å². The van der Waals surface area contributed by atoms with Crippen LogP contribution in [0.25, 0.3) is 0 Å². The first-order chi connectivity index (χ1) is 12.5. The minimum absolute atomic E-state index is 0.0191. The Kier molecular flexibility index (Phi) is 5.43. The van der Waals surface area contributed by atoms with E-state index in [0.29, 0.717) is 17.8 Å². The van der Waals surface area contributed by atoms with Crippen LogP contribution in [-0.2, 0) is 6.54 Å². The van der Waals surface area contributed by atoms with Gasteiger partial charge in [0, 0.05) is 12.1 Å². The zero-order chi connectivity index (χ0) is 18.5. The molecule has 4 nitrogen and oxygen atoms in total. The molecule has 0 unspecified atom stereocenters. The van der Waals surface area contributed by atoms with Gasteiger partial charge in [-0.15, -0.1) is 0 Å². The first-order valence-corrected chi connectivity index (χ1v) is 8.11. The molecule has 1 amide bonds. The molecule has 1 aromatic heterocycles. The lowest BCUT2D eigenvalue weighted by Gasteiger charge is -2.09. The van der Waals surface area contributed by atoms with Crippen molar-refractivity contribution >= 4 is 29.0 Å². The van der Waals surface area contributed by atoms with Crippen LogP contribution >= 0.6 is 11.6 Å². The van der Waals surface area contributed by atoms with Crippen LogP contribution in [0.5, 0.6) is 0 Å². The van der Waals surface area contributed by atoms with Gasteiger partial charge in [0.25, 0.3) is 5.91 Å². The Balaban J connectivity index is 1.64. The molecule has 0 aliphatic heterocycles. The number of hydrogen-bond acceptors (Lipinski definition) is 3. The average molecular weight is 374 g/mol. The van der Waals surface area contributed by atoms with Crippen LogP contribution in [0.1, 0.15) is 15.9 Å². The topological polar surface area (TPSA) is 54.0 Å². The molecule has 0 saturated heterocycles. The number of hydrogen-bond donors (Lipinski definition) is 2. The van der Waals surface area contributed by atoms with E-state index in [0.717, 1.165) is 6.07 Å². The second kappa shape index (κ2) is 7.93. The highest BCUT2D eigenvalue weighted by Gasteiger charge is 2.16. The van der Waals surface area contributed by atoms with Crippen molar-refractivity contribution in [1.29, 1.82) is 0 Å². The van der Waals surface area contributed by atoms with Gasteiger partial charge in [0.2, 0.25) is 0 Å². The number of nitrogens with zero attached hydrogens (tertiary/aromatic N) is 1. The highest BCUT2D eigenvalue weighted by atomic mass is 35.5. The minimum atomic E-state index is -0.710. The molecule has 0 atom stereocenters. The summed E-state index contributed by atoms with van der Waals surface area (Å²) in [5, 5.41) is 5.54. The van der Waals surface area contributed by atoms with Crippen LogP contribution in [-0.4, -0.2) is 10.9 Å². The summed E-state index contributed by atoms with van der Waals surface area (Å²) in [5.74, 6) is -1.45. The third-order valence-electron chi connectivity index (χ3n) is 3.64. The van der Waals surface area contributed by atoms with E-state index in [2.05, 4.69) is 15.6 Å². The monoisotopic (exact) mass is 373 g/mol. The Labute approximate surface area is 153 Å². The Bertz CT molecular complexity index is 912. The molecule has 0 fully saturated rings. The summed E-state index contributed by atoms with van der Waals surface area (Å²) in [6.07, 6.45) is 1.49. The van der Waals surface area contributed by atoms with Gasteiger partial charge in [-0.2, -0.15) is 0 Å². The largest absolute Gasteiger partial charge is 0.380 e. The fourth-order valence-corrected chi connectivity index (χ4v) is 2.55.